The number of hydrogen-bond donors (Lipinski definition) is 0. The van der Waals surface area contributed by atoms with Gasteiger partial charge in [-0.25, -0.2) is 9.97 Å². The Morgan fingerprint density at radius 3 is 2.43 bits per heavy atom. The van der Waals surface area contributed by atoms with Crippen molar-refractivity contribution in [2.75, 3.05) is 25.6 Å². The summed E-state index contributed by atoms with van der Waals surface area (Å²) in [5.41, 5.74) is 5.08. The van der Waals surface area contributed by atoms with Crippen molar-refractivity contribution in [3.63, 3.8) is 0 Å². The lowest BCUT2D eigenvalue weighted by molar-refractivity contribution is 0.0785. The molecule has 1 aliphatic heterocycles. The molecule has 35 heavy (non-hydrogen) atoms. The zero-order valence-corrected chi connectivity index (χ0v) is 20.0. The third-order valence-corrected chi connectivity index (χ3v) is 6.39. The van der Waals surface area contributed by atoms with Crippen molar-refractivity contribution in [1.82, 2.24) is 14.9 Å². The topological polar surface area (TPSA) is 58.6 Å². The van der Waals surface area contributed by atoms with Crippen LogP contribution in [-0.2, 0) is 19.5 Å². The highest BCUT2D eigenvalue weighted by molar-refractivity contribution is 5.98. The van der Waals surface area contributed by atoms with Crippen LogP contribution in [-0.4, -0.2) is 41.5 Å². The predicted octanol–water partition coefficient (Wildman–Crippen LogP) is 4.99. The molecule has 0 unspecified atom stereocenters. The van der Waals surface area contributed by atoms with Gasteiger partial charge in [-0.2, -0.15) is 0 Å². The van der Waals surface area contributed by atoms with Crippen molar-refractivity contribution >= 4 is 11.7 Å². The first kappa shape index (κ1) is 22.6. The second-order valence-electron chi connectivity index (χ2n) is 8.75. The lowest BCUT2D eigenvalue weighted by Gasteiger charge is -2.31. The largest absolute Gasteiger partial charge is 0.497 e. The molecular weight excluding hydrogens is 436 g/mol. The Morgan fingerprint density at radius 1 is 0.971 bits per heavy atom. The van der Waals surface area contributed by atoms with Gasteiger partial charge in [-0.3, -0.25) is 4.79 Å². The fraction of sp³-hybridized carbons (Fsp3) is 0.207. The third kappa shape index (κ3) is 4.87. The van der Waals surface area contributed by atoms with Crippen LogP contribution in [0.15, 0.2) is 85.1 Å². The number of carbonyl (C=O) groups is 1. The average molecular weight is 465 g/mol. The molecule has 3 aromatic carbocycles. The van der Waals surface area contributed by atoms with Gasteiger partial charge in [0.2, 0.25) is 0 Å². The summed E-state index contributed by atoms with van der Waals surface area (Å²) < 4.78 is 5.28. The van der Waals surface area contributed by atoms with Gasteiger partial charge < -0.3 is 14.5 Å². The molecule has 0 radical (unpaired) electrons. The predicted molar refractivity (Wildman–Crippen MR) is 137 cm³/mol. The molecule has 6 nitrogen and oxygen atoms in total. The van der Waals surface area contributed by atoms with Crippen LogP contribution >= 0.6 is 0 Å². The normalized spacial score (nSPS) is 12.7. The van der Waals surface area contributed by atoms with E-state index < -0.39 is 0 Å². The molecule has 2 heterocycles. The molecule has 0 spiro atoms. The molecule has 176 valence electrons. The van der Waals surface area contributed by atoms with Crippen LogP contribution in [0.2, 0.25) is 0 Å². The van der Waals surface area contributed by atoms with Crippen LogP contribution in [0, 0.1) is 0 Å². The van der Waals surface area contributed by atoms with Gasteiger partial charge >= 0.3 is 0 Å². The first-order chi connectivity index (χ1) is 17.1. The Balaban J connectivity index is 1.51. The molecule has 1 aromatic heterocycles. The summed E-state index contributed by atoms with van der Waals surface area (Å²) in [5, 5.41) is 0. The van der Waals surface area contributed by atoms with E-state index in [1.807, 2.05) is 61.6 Å². The minimum Gasteiger partial charge on any atom is -0.497 e. The molecule has 0 atom stereocenters. The Bertz CT molecular complexity index is 1320. The number of nitrogens with zero attached hydrogens (tertiary/aromatic N) is 4. The van der Waals surface area contributed by atoms with E-state index in [0.717, 1.165) is 29.8 Å². The lowest BCUT2D eigenvalue weighted by atomic mass is 9.99. The second kappa shape index (κ2) is 9.97. The van der Waals surface area contributed by atoms with Crippen LogP contribution in [0.25, 0.3) is 11.4 Å². The van der Waals surface area contributed by atoms with Crippen LogP contribution < -0.4 is 9.64 Å². The van der Waals surface area contributed by atoms with E-state index in [0.29, 0.717) is 30.3 Å². The number of hydrogen-bond acceptors (Lipinski definition) is 5. The second-order valence-corrected chi connectivity index (χ2v) is 8.75. The van der Waals surface area contributed by atoms with Crippen LogP contribution in [0.4, 0.5) is 5.82 Å². The summed E-state index contributed by atoms with van der Waals surface area (Å²) in [6.45, 7) is 2.01. The number of rotatable bonds is 6. The van der Waals surface area contributed by atoms with E-state index in [2.05, 4.69) is 34.1 Å². The Kier molecular flexibility index (Phi) is 6.44. The number of carbonyl (C=O) groups excluding carboxylic acids is 1. The van der Waals surface area contributed by atoms with Crippen LogP contribution in [0.1, 0.15) is 27.0 Å². The van der Waals surface area contributed by atoms with Gasteiger partial charge in [0.25, 0.3) is 5.91 Å². The Labute approximate surface area is 205 Å². The average Bonchev–Trinajstić information content (AvgIpc) is 2.92. The quantitative estimate of drug-likeness (QED) is 0.403. The first-order valence-corrected chi connectivity index (χ1v) is 11.7. The van der Waals surface area contributed by atoms with E-state index >= 15 is 0 Å². The zero-order chi connectivity index (χ0) is 24.2. The van der Waals surface area contributed by atoms with Gasteiger partial charge in [0, 0.05) is 38.4 Å². The summed E-state index contributed by atoms with van der Waals surface area (Å²) in [4.78, 5) is 27.0. The first-order valence-electron chi connectivity index (χ1n) is 11.7. The van der Waals surface area contributed by atoms with Crippen molar-refractivity contribution < 1.29 is 9.53 Å². The monoisotopic (exact) mass is 464 g/mol. The number of benzene rings is 3. The number of ether oxygens (including phenoxy) is 1. The van der Waals surface area contributed by atoms with E-state index in [-0.39, 0.29) is 5.91 Å². The minimum absolute atomic E-state index is 0.0935. The SMILES string of the molecule is COc1ccc(-c2ncc(C(=O)N(C)Cc3ccccc3)c(N3CCc4ccccc4C3)n2)cc1. The van der Waals surface area contributed by atoms with Gasteiger partial charge in [0.05, 0.1) is 7.11 Å². The molecule has 0 saturated heterocycles. The molecule has 1 aliphatic rings. The number of methoxy groups -OCH3 is 1. The molecule has 1 amide bonds. The minimum atomic E-state index is -0.0935. The van der Waals surface area contributed by atoms with E-state index in [9.17, 15) is 4.79 Å². The van der Waals surface area contributed by atoms with Crippen molar-refractivity contribution in [3.05, 3.63) is 107 Å². The van der Waals surface area contributed by atoms with E-state index in [1.165, 1.54) is 11.1 Å². The summed E-state index contributed by atoms with van der Waals surface area (Å²) in [7, 11) is 3.46. The highest BCUT2D eigenvalue weighted by Crippen LogP contribution is 2.29. The maximum Gasteiger partial charge on any atom is 0.259 e. The summed E-state index contributed by atoms with van der Waals surface area (Å²) in [6, 6.07) is 26.1. The summed E-state index contributed by atoms with van der Waals surface area (Å²) in [6.07, 6.45) is 2.58. The molecule has 0 N–H and O–H groups in total. The van der Waals surface area contributed by atoms with E-state index in [4.69, 9.17) is 9.72 Å². The fourth-order valence-corrected chi connectivity index (χ4v) is 4.46. The van der Waals surface area contributed by atoms with Crippen molar-refractivity contribution in [3.8, 4) is 17.1 Å². The molecule has 0 fully saturated rings. The van der Waals surface area contributed by atoms with Gasteiger partial charge in [-0.1, -0.05) is 54.6 Å². The van der Waals surface area contributed by atoms with Crippen LogP contribution in [0.3, 0.4) is 0 Å². The summed E-state index contributed by atoms with van der Waals surface area (Å²) >= 11 is 0. The van der Waals surface area contributed by atoms with E-state index in [1.54, 1.807) is 18.2 Å². The molecular formula is C29H28N4O2. The number of fused-ring (bicyclic) bond motifs is 1. The Morgan fingerprint density at radius 2 is 1.69 bits per heavy atom. The maximum absolute atomic E-state index is 13.6. The third-order valence-electron chi connectivity index (χ3n) is 6.39. The molecule has 6 heteroatoms. The molecule has 5 rings (SSSR count). The molecule has 4 aromatic rings. The van der Waals surface area contributed by atoms with Gasteiger partial charge in [-0.05, 0) is 47.4 Å². The highest BCUT2D eigenvalue weighted by Gasteiger charge is 2.25. The fourth-order valence-electron chi connectivity index (χ4n) is 4.46. The number of amides is 1. The highest BCUT2D eigenvalue weighted by atomic mass is 16.5. The standard InChI is InChI=1S/C29H28N4O2/c1-32(19-21-8-4-3-5-9-21)29(34)26-18-30-27(23-12-14-25(35-2)15-13-23)31-28(26)33-17-16-22-10-6-7-11-24(22)20-33/h3-15,18H,16-17,19-20H2,1-2H3. The maximum atomic E-state index is 13.6. The zero-order valence-electron chi connectivity index (χ0n) is 20.0. The molecule has 0 saturated carbocycles. The number of aromatic nitrogens is 2. The van der Waals surface area contributed by atoms with Gasteiger partial charge in [0.1, 0.15) is 17.1 Å². The smallest absolute Gasteiger partial charge is 0.259 e. The van der Waals surface area contributed by atoms with Gasteiger partial charge in [0.15, 0.2) is 5.82 Å². The molecule has 0 aliphatic carbocycles. The van der Waals surface area contributed by atoms with Crippen molar-refractivity contribution in [2.45, 2.75) is 19.5 Å². The van der Waals surface area contributed by atoms with Crippen molar-refractivity contribution in [1.29, 1.82) is 0 Å². The Hall–Kier alpha value is -4.19. The lowest BCUT2D eigenvalue weighted by Crippen LogP contribution is -2.34. The summed E-state index contributed by atoms with van der Waals surface area (Å²) in [5.74, 6) is 1.94. The van der Waals surface area contributed by atoms with Crippen molar-refractivity contribution in [2.24, 2.45) is 0 Å². The molecule has 0 bridgehead atoms. The number of anilines is 1. The van der Waals surface area contributed by atoms with Crippen LogP contribution in [0.5, 0.6) is 5.75 Å². The van der Waals surface area contributed by atoms with Gasteiger partial charge in [-0.15, -0.1) is 0 Å².